The summed E-state index contributed by atoms with van der Waals surface area (Å²) in [4.78, 5) is 26.6. The lowest BCUT2D eigenvalue weighted by atomic mass is 9.94. The molecule has 1 amide bonds. The minimum absolute atomic E-state index is 0.0664. The van der Waals surface area contributed by atoms with E-state index in [1.807, 2.05) is 23.1 Å². The molecule has 0 aromatic heterocycles. The second-order valence-corrected chi connectivity index (χ2v) is 8.93. The Morgan fingerprint density at radius 3 is 2.26 bits per heavy atom. The molecule has 0 N–H and O–H groups in total. The standard InChI is InChI=1S/C29H31NO4/c1-19-9-11-26(27-14-21(15-29(32)34-4)10-12-28(27)33-3)24(13-19)18-30(20(2)31)25-16-22-7-5-6-8-23(22)17-25/h5-14,25H,15-18H2,1-4H3. The number of benzene rings is 3. The Balaban J connectivity index is 1.71. The summed E-state index contributed by atoms with van der Waals surface area (Å²) in [7, 11) is 3.03. The highest BCUT2D eigenvalue weighted by Crippen LogP contribution is 2.36. The molecule has 0 spiro atoms. The summed E-state index contributed by atoms with van der Waals surface area (Å²) in [5.74, 6) is 0.502. The van der Waals surface area contributed by atoms with Crippen LogP contribution in [0.3, 0.4) is 0 Å². The Labute approximate surface area is 201 Å². The number of hydrogen-bond acceptors (Lipinski definition) is 4. The van der Waals surface area contributed by atoms with Crippen LogP contribution in [0.15, 0.2) is 60.7 Å². The summed E-state index contributed by atoms with van der Waals surface area (Å²) in [6.07, 6.45) is 1.93. The first-order chi connectivity index (χ1) is 16.4. The third-order valence-electron chi connectivity index (χ3n) is 6.61. The lowest BCUT2D eigenvalue weighted by Crippen LogP contribution is -2.39. The molecule has 3 aromatic carbocycles. The summed E-state index contributed by atoms with van der Waals surface area (Å²) in [6.45, 7) is 4.22. The molecule has 5 heteroatoms. The normalized spacial score (nSPS) is 12.8. The largest absolute Gasteiger partial charge is 0.496 e. The molecule has 0 atom stereocenters. The minimum atomic E-state index is -0.288. The highest BCUT2D eigenvalue weighted by molar-refractivity contribution is 5.79. The summed E-state index contributed by atoms with van der Waals surface area (Å²) in [5, 5.41) is 0. The molecule has 0 aliphatic heterocycles. The van der Waals surface area contributed by atoms with E-state index in [9.17, 15) is 9.59 Å². The first-order valence-electron chi connectivity index (χ1n) is 11.6. The van der Waals surface area contributed by atoms with Crippen LogP contribution in [-0.2, 0) is 40.1 Å². The molecule has 3 aromatic rings. The van der Waals surface area contributed by atoms with Crippen LogP contribution in [0.1, 0.15) is 34.7 Å². The zero-order chi connectivity index (χ0) is 24.2. The van der Waals surface area contributed by atoms with Gasteiger partial charge in [0, 0.05) is 25.1 Å². The predicted molar refractivity (Wildman–Crippen MR) is 133 cm³/mol. The second kappa shape index (κ2) is 10.1. The monoisotopic (exact) mass is 457 g/mol. The molecule has 176 valence electrons. The van der Waals surface area contributed by atoms with Crippen molar-refractivity contribution in [3.63, 3.8) is 0 Å². The van der Waals surface area contributed by atoms with Crippen molar-refractivity contribution >= 4 is 11.9 Å². The number of carbonyl (C=O) groups is 2. The zero-order valence-electron chi connectivity index (χ0n) is 20.3. The van der Waals surface area contributed by atoms with Gasteiger partial charge < -0.3 is 14.4 Å². The third kappa shape index (κ3) is 4.98. The van der Waals surface area contributed by atoms with Gasteiger partial charge in [-0.15, -0.1) is 0 Å². The van der Waals surface area contributed by atoms with Gasteiger partial charge in [0.15, 0.2) is 0 Å². The second-order valence-electron chi connectivity index (χ2n) is 8.93. The van der Waals surface area contributed by atoms with Crippen molar-refractivity contribution in [3.8, 4) is 16.9 Å². The number of fused-ring (bicyclic) bond motifs is 1. The maximum absolute atomic E-state index is 12.8. The Morgan fingerprint density at radius 2 is 1.65 bits per heavy atom. The average molecular weight is 458 g/mol. The molecule has 0 unspecified atom stereocenters. The first-order valence-corrected chi connectivity index (χ1v) is 11.6. The quantitative estimate of drug-likeness (QED) is 0.474. The van der Waals surface area contributed by atoms with Crippen LogP contribution in [0, 0.1) is 6.92 Å². The lowest BCUT2D eigenvalue weighted by molar-refractivity contribution is -0.139. The van der Waals surface area contributed by atoms with Gasteiger partial charge in [0.05, 0.1) is 20.6 Å². The third-order valence-corrected chi connectivity index (χ3v) is 6.61. The summed E-state index contributed by atoms with van der Waals surface area (Å²) in [5.41, 5.74) is 7.57. The molecule has 0 saturated heterocycles. The topological polar surface area (TPSA) is 55.8 Å². The van der Waals surface area contributed by atoms with E-state index in [4.69, 9.17) is 9.47 Å². The van der Waals surface area contributed by atoms with Gasteiger partial charge in [0.1, 0.15) is 5.75 Å². The molecule has 0 bridgehead atoms. The smallest absolute Gasteiger partial charge is 0.309 e. The van der Waals surface area contributed by atoms with Gasteiger partial charge in [-0.3, -0.25) is 9.59 Å². The molecule has 1 aliphatic carbocycles. The average Bonchev–Trinajstić information content (AvgIpc) is 3.26. The molecular formula is C29H31NO4. The van der Waals surface area contributed by atoms with Gasteiger partial charge in [-0.05, 0) is 59.7 Å². The Morgan fingerprint density at radius 1 is 0.941 bits per heavy atom. The highest BCUT2D eigenvalue weighted by atomic mass is 16.5. The fourth-order valence-electron chi connectivity index (χ4n) is 4.87. The molecule has 4 rings (SSSR count). The van der Waals surface area contributed by atoms with Crippen molar-refractivity contribution in [1.29, 1.82) is 0 Å². The predicted octanol–water partition coefficient (Wildman–Crippen LogP) is 4.90. The molecule has 34 heavy (non-hydrogen) atoms. The van der Waals surface area contributed by atoms with Crippen LogP contribution < -0.4 is 4.74 Å². The summed E-state index contributed by atoms with van der Waals surface area (Å²) in [6, 6.07) is 20.6. The number of aryl methyl sites for hydroxylation is 1. The van der Waals surface area contributed by atoms with Crippen LogP contribution in [0.2, 0.25) is 0 Å². The number of hydrogen-bond donors (Lipinski definition) is 0. The van der Waals surface area contributed by atoms with Crippen LogP contribution in [0.25, 0.3) is 11.1 Å². The molecule has 0 fully saturated rings. The summed E-state index contributed by atoms with van der Waals surface area (Å²) < 4.78 is 10.5. The van der Waals surface area contributed by atoms with Crippen molar-refractivity contribution in [2.24, 2.45) is 0 Å². The maximum Gasteiger partial charge on any atom is 0.309 e. The van der Waals surface area contributed by atoms with Crippen molar-refractivity contribution in [3.05, 3.63) is 88.5 Å². The van der Waals surface area contributed by atoms with Gasteiger partial charge >= 0.3 is 5.97 Å². The van der Waals surface area contributed by atoms with E-state index < -0.39 is 0 Å². The van der Waals surface area contributed by atoms with Crippen LogP contribution >= 0.6 is 0 Å². The molecule has 0 heterocycles. The van der Waals surface area contributed by atoms with Gasteiger partial charge in [-0.1, -0.05) is 54.1 Å². The van der Waals surface area contributed by atoms with Crippen LogP contribution in [0.4, 0.5) is 0 Å². The number of methoxy groups -OCH3 is 2. The van der Waals surface area contributed by atoms with Crippen LogP contribution in [0.5, 0.6) is 5.75 Å². The lowest BCUT2D eigenvalue weighted by Gasteiger charge is -2.29. The molecular weight excluding hydrogens is 426 g/mol. The molecule has 1 aliphatic rings. The van der Waals surface area contributed by atoms with E-state index in [0.717, 1.165) is 46.4 Å². The zero-order valence-corrected chi connectivity index (χ0v) is 20.3. The van der Waals surface area contributed by atoms with E-state index in [-0.39, 0.29) is 24.3 Å². The number of nitrogens with zero attached hydrogens (tertiary/aromatic N) is 1. The fraction of sp³-hybridized carbons (Fsp3) is 0.310. The minimum Gasteiger partial charge on any atom is -0.496 e. The van der Waals surface area contributed by atoms with Gasteiger partial charge in [-0.2, -0.15) is 0 Å². The van der Waals surface area contributed by atoms with Crippen LogP contribution in [-0.4, -0.2) is 37.0 Å². The van der Waals surface area contributed by atoms with E-state index >= 15 is 0 Å². The molecule has 5 nitrogen and oxygen atoms in total. The first kappa shape index (κ1) is 23.6. The van der Waals surface area contributed by atoms with Gasteiger partial charge in [0.2, 0.25) is 5.91 Å². The number of rotatable bonds is 7. The highest BCUT2D eigenvalue weighted by Gasteiger charge is 2.29. The van der Waals surface area contributed by atoms with Crippen molar-refractivity contribution in [2.75, 3.05) is 14.2 Å². The number of carbonyl (C=O) groups excluding carboxylic acids is 2. The maximum atomic E-state index is 12.8. The number of amides is 1. The van der Waals surface area contributed by atoms with E-state index in [1.165, 1.54) is 18.2 Å². The molecule has 0 saturated carbocycles. The van der Waals surface area contributed by atoms with E-state index in [1.54, 1.807) is 14.0 Å². The molecule has 0 radical (unpaired) electrons. The Hall–Kier alpha value is -3.60. The van der Waals surface area contributed by atoms with E-state index in [2.05, 4.69) is 49.4 Å². The summed E-state index contributed by atoms with van der Waals surface area (Å²) >= 11 is 0. The number of esters is 1. The Kier molecular flexibility index (Phi) is 7.01. The Bertz CT molecular complexity index is 1190. The number of ether oxygens (including phenoxy) is 2. The van der Waals surface area contributed by atoms with E-state index in [0.29, 0.717) is 6.54 Å². The van der Waals surface area contributed by atoms with Gasteiger partial charge in [0.25, 0.3) is 0 Å². The fourth-order valence-corrected chi connectivity index (χ4v) is 4.87. The van der Waals surface area contributed by atoms with Crippen molar-refractivity contribution in [1.82, 2.24) is 4.90 Å². The van der Waals surface area contributed by atoms with Crippen molar-refractivity contribution < 1.29 is 19.1 Å². The van der Waals surface area contributed by atoms with Gasteiger partial charge in [-0.25, -0.2) is 0 Å². The van der Waals surface area contributed by atoms with Crippen molar-refractivity contribution in [2.45, 2.75) is 45.7 Å². The SMILES string of the molecule is COC(=O)Cc1ccc(OC)c(-c2ccc(C)cc2CN(C(C)=O)C2Cc3ccccc3C2)c1.